The van der Waals surface area contributed by atoms with Crippen LogP contribution in [0, 0.1) is 6.92 Å². The van der Waals surface area contributed by atoms with Crippen molar-refractivity contribution in [2.75, 3.05) is 12.4 Å². The first-order valence-corrected chi connectivity index (χ1v) is 11.9. The molecule has 0 unspecified atom stereocenters. The Morgan fingerprint density at radius 3 is 2.34 bits per heavy atom. The first kappa shape index (κ1) is 23.5. The predicted octanol–water partition coefficient (Wildman–Crippen LogP) is 4.61. The van der Waals surface area contributed by atoms with Crippen LogP contribution in [0.4, 0.5) is 5.69 Å². The van der Waals surface area contributed by atoms with E-state index in [0.29, 0.717) is 17.9 Å². The van der Waals surface area contributed by atoms with Crippen molar-refractivity contribution < 1.29 is 17.9 Å². The second kappa shape index (κ2) is 10.4. The van der Waals surface area contributed by atoms with Gasteiger partial charge < -0.3 is 10.1 Å². The molecule has 1 atom stereocenters. The van der Waals surface area contributed by atoms with Gasteiger partial charge in [-0.25, -0.2) is 13.1 Å². The third-order valence-corrected chi connectivity index (χ3v) is 6.69. The van der Waals surface area contributed by atoms with Gasteiger partial charge in [0.15, 0.2) is 0 Å². The van der Waals surface area contributed by atoms with Crippen LogP contribution in [0.2, 0.25) is 0 Å². The van der Waals surface area contributed by atoms with Crippen molar-refractivity contribution in [2.24, 2.45) is 0 Å². The van der Waals surface area contributed by atoms with Crippen molar-refractivity contribution in [2.45, 2.75) is 37.6 Å². The van der Waals surface area contributed by atoms with Gasteiger partial charge in [-0.05, 0) is 61.2 Å². The Morgan fingerprint density at radius 2 is 1.69 bits per heavy atom. The van der Waals surface area contributed by atoms with Gasteiger partial charge in [-0.2, -0.15) is 0 Å². The van der Waals surface area contributed by atoms with Crippen LogP contribution < -0.4 is 14.8 Å². The molecule has 0 aromatic heterocycles. The van der Waals surface area contributed by atoms with E-state index in [9.17, 15) is 13.2 Å². The number of aryl methyl sites for hydroxylation is 2. The summed E-state index contributed by atoms with van der Waals surface area (Å²) in [4.78, 5) is 12.6. The molecular formula is C25H28N2O4S. The van der Waals surface area contributed by atoms with Gasteiger partial charge in [-0.3, -0.25) is 4.79 Å². The first-order chi connectivity index (χ1) is 15.3. The Bertz CT molecular complexity index is 1160. The van der Waals surface area contributed by atoms with Crippen LogP contribution in [0.5, 0.6) is 5.75 Å². The van der Waals surface area contributed by atoms with E-state index >= 15 is 0 Å². The number of carbonyl (C=O) groups is 1. The average Bonchev–Trinajstić information content (AvgIpc) is 2.78. The lowest BCUT2D eigenvalue weighted by Crippen LogP contribution is -2.26. The molecule has 0 spiro atoms. The highest BCUT2D eigenvalue weighted by molar-refractivity contribution is 7.89. The van der Waals surface area contributed by atoms with Gasteiger partial charge in [0.05, 0.1) is 17.7 Å². The summed E-state index contributed by atoms with van der Waals surface area (Å²) < 4.78 is 33.4. The van der Waals surface area contributed by atoms with Gasteiger partial charge in [0, 0.05) is 12.5 Å². The lowest BCUT2D eigenvalue weighted by molar-refractivity contribution is -0.116. The minimum absolute atomic E-state index is 0.135. The van der Waals surface area contributed by atoms with E-state index in [2.05, 4.69) is 10.0 Å². The lowest BCUT2D eigenvalue weighted by atomic mass is 10.1. The molecule has 0 aliphatic carbocycles. The molecule has 0 aliphatic heterocycles. The maximum absolute atomic E-state index is 12.7. The molecule has 0 saturated heterocycles. The molecule has 3 aromatic rings. The van der Waals surface area contributed by atoms with E-state index in [4.69, 9.17) is 4.74 Å². The summed E-state index contributed by atoms with van der Waals surface area (Å²) in [5, 5.41) is 2.88. The molecule has 0 fully saturated rings. The Labute approximate surface area is 189 Å². The lowest BCUT2D eigenvalue weighted by Gasteiger charge is -2.15. The third kappa shape index (κ3) is 6.18. The topological polar surface area (TPSA) is 84.5 Å². The van der Waals surface area contributed by atoms with E-state index in [0.717, 1.165) is 16.7 Å². The number of rotatable bonds is 9. The number of hydrogen-bond acceptors (Lipinski definition) is 4. The summed E-state index contributed by atoms with van der Waals surface area (Å²) >= 11 is 0. The van der Waals surface area contributed by atoms with Gasteiger partial charge in [-0.15, -0.1) is 0 Å². The van der Waals surface area contributed by atoms with Crippen LogP contribution >= 0.6 is 0 Å². The fourth-order valence-electron chi connectivity index (χ4n) is 3.34. The largest absolute Gasteiger partial charge is 0.495 e. The monoisotopic (exact) mass is 452 g/mol. The minimum atomic E-state index is -3.65. The van der Waals surface area contributed by atoms with Gasteiger partial charge in [0.2, 0.25) is 15.9 Å². The molecule has 3 rings (SSSR count). The molecule has 3 aromatic carbocycles. The maximum Gasteiger partial charge on any atom is 0.241 e. The molecule has 0 aliphatic rings. The summed E-state index contributed by atoms with van der Waals surface area (Å²) in [5.41, 5.74) is 3.43. The Balaban J connectivity index is 1.58. The smallest absolute Gasteiger partial charge is 0.241 e. The predicted molar refractivity (Wildman–Crippen MR) is 126 cm³/mol. The Hall–Kier alpha value is -3.16. The van der Waals surface area contributed by atoms with Gasteiger partial charge in [-0.1, -0.05) is 48.5 Å². The first-order valence-electron chi connectivity index (χ1n) is 10.4. The molecule has 1 amide bonds. The van der Waals surface area contributed by atoms with Gasteiger partial charge >= 0.3 is 0 Å². The summed E-state index contributed by atoms with van der Waals surface area (Å²) in [6.07, 6.45) is 0.765. The number of ether oxygens (including phenoxy) is 1. The van der Waals surface area contributed by atoms with Crippen molar-refractivity contribution in [3.63, 3.8) is 0 Å². The number of hydrogen-bond donors (Lipinski definition) is 2. The molecule has 0 saturated carbocycles. The fourth-order valence-corrected chi connectivity index (χ4v) is 4.57. The van der Waals surface area contributed by atoms with E-state index < -0.39 is 10.0 Å². The van der Waals surface area contributed by atoms with Gasteiger partial charge in [0.25, 0.3) is 0 Å². The molecule has 32 heavy (non-hydrogen) atoms. The number of carbonyl (C=O) groups excluding carboxylic acids is 1. The maximum atomic E-state index is 12.7. The summed E-state index contributed by atoms with van der Waals surface area (Å²) in [5.74, 6) is 0.472. The number of benzene rings is 3. The molecular weight excluding hydrogens is 424 g/mol. The van der Waals surface area contributed by atoms with Crippen molar-refractivity contribution in [3.05, 3.63) is 89.5 Å². The molecule has 0 radical (unpaired) electrons. The van der Waals surface area contributed by atoms with Crippen LogP contribution in [0.1, 0.15) is 36.1 Å². The number of sulfonamides is 1. The quantitative estimate of drug-likeness (QED) is 0.496. The highest BCUT2D eigenvalue weighted by Crippen LogP contribution is 2.25. The summed E-state index contributed by atoms with van der Waals surface area (Å²) in [6.45, 7) is 3.75. The zero-order valence-corrected chi connectivity index (χ0v) is 19.3. The fraction of sp³-hybridized carbons (Fsp3) is 0.240. The number of anilines is 1. The molecule has 0 bridgehead atoms. The molecule has 168 valence electrons. The van der Waals surface area contributed by atoms with Crippen molar-refractivity contribution in [3.8, 4) is 5.75 Å². The average molecular weight is 453 g/mol. The number of amides is 1. The zero-order valence-electron chi connectivity index (χ0n) is 18.5. The van der Waals surface area contributed by atoms with Crippen LogP contribution in [0.3, 0.4) is 0 Å². The second-order valence-corrected chi connectivity index (χ2v) is 9.36. The molecule has 0 heterocycles. The SMILES string of the molecule is COc1ccc(C)cc1NC(=O)CCc1ccc(S(=O)(=O)N[C@@H](C)c2ccccc2)cc1. The van der Waals surface area contributed by atoms with Gasteiger partial charge in [0.1, 0.15) is 5.75 Å². The van der Waals surface area contributed by atoms with E-state index in [1.54, 1.807) is 31.4 Å². The van der Waals surface area contributed by atoms with E-state index in [1.807, 2.05) is 62.4 Å². The second-order valence-electron chi connectivity index (χ2n) is 7.65. The standard InChI is InChI=1S/C25H28N2O4S/c1-18-9-15-24(31-3)23(17-18)26-25(28)16-12-20-10-13-22(14-11-20)32(29,30)27-19(2)21-7-5-4-6-8-21/h4-11,13-15,17,19,27H,12,16H2,1-3H3,(H,26,28)/t19-/m0/s1. The van der Waals surface area contributed by atoms with E-state index in [1.165, 1.54) is 0 Å². The minimum Gasteiger partial charge on any atom is -0.495 e. The van der Waals surface area contributed by atoms with Crippen molar-refractivity contribution >= 4 is 21.6 Å². The normalized spacial score (nSPS) is 12.2. The molecule has 6 nitrogen and oxygen atoms in total. The van der Waals surface area contributed by atoms with Crippen LogP contribution in [-0.4, -0.2) is 21.4 Å². The van der Waals surface area contributed by atoms with Crippen molar-refractivity contribution in [1.82, 2.24) is 4.72 Å². The van der Waals surface area contributed by atoms with Crippen LogP contribution in [0.15, 0.2) is 77.7 Å². The Kier molecular flexibility index (Phi) is 7.66. The number of methoxy groups -OCH3 is 1. The highest BCUT2D eigenvalue weighted by atomic mass is 32.2. The summed E-state index contributed by atoms with van der Waals surface area (Å²) in [6, 6.07) is 21.3. The molecule has 2 N–H and O–H groups in total. The number of nitrogens with one attached hydrogen (secondary N) is 2. The molecule has 7 heteroatoms. The van der Waals surface area contributed by atoms with E-state index in [-0.39, 0.29) is 23.3 Å². The highest BCUT2D eigenvalue weighted by Gasteiger charge is 2.18. The van der Waals surface area contributed by atoms with Crippen molar-refractivity contribution in [1.29, 1.82) is 0 Å². The Morgan fingerprint density at radius 1 is 1.00 bits per heavy atom. The zero-order chi connectivity index (χ0) is 23.1. The third-order valence-electron chi connectivity index (χ3n) is 5.13. The van der Waals surface area contributed by atoms with Crippen LogP contribution in [-0.2, 0) is 21.2 Å². The summed E-state index contributed by atoms with van der Waals surface area (Å²) in [7, 11) is -2.09. The van der Waals surface area contributed by atoms with Crippen LogP contribution in [0.25, 0.3) is 0 Å².